The predicted octanol–water partition coefficient (Wildman–Crippen LogP) is 3.11. The Hall–Kier alpha value is -3.16. The molecule has 0 aliphatic rings. The fraction of sp³-hybridized carbons (Fsp3) is 0.188. The lowest BCUT2D eigenvalue weighted by Crippen LogP contribution is -2.30. The number of halogens is 1. The molecule has 0 saturated carbocycles. The number of carbonyl (C=O) groups excluding carboxylic acids is 1. The van der Waals surface area contributed by atoms with Gasteiger partial charge in [-0.05, 0) is 30.2 Å². The molecule has 0 spiro atoms. The molecule has 0 atom stereocenters. The fourth-order valence-electron chi connectivity index (χ4n) is 2.09. The minimum atomic E-state index is -0.563. The lowest BCUT2D eigenvalue weighted by molar-refractivity contribution is -0.384. The molecular formula is C16H16FN3O4. The molecule has 0 fully saturated rings. The predicted molar refractivity (Wildman–Crippen MR) is 86.8 cm³/mol. The first-order chi connectivity index (χ1) is 11.5. The van der Waals surface area contributed by atoms with Gasteiger partial charge in [0.15, 0.2) is 0 Å². The van der Waals surface area contributed by atoms with E-state index in [1.54, 1.807) is 12.1 Å². The van der Waals surface area contributed by atoms with Crippen molar-refractivity contribution in [2.24, 2.45) is 0 Å². The quantitative estimate of drug-likeness (QED) is 0.627. The standard InChI is InChI=1S/C16H16FN3O4/c1-24-15-6-5-13(20(22)23)10-14(15)19-16(21)18-8-7-11-3-2-4-12(17)9-11/h2-6,9-10H,7-8H2,1H3,(H2,18,19,21). The first-order valence-corrected chi connectivity index (χ1v) is 7.11. The third-order valence-corrected chi connectivity index (χ3v) is 3.23. The largest absolute Gasteiger partial charge is 0.495 e. The van der Waals surface area contributed by atoms with E-state index in [2.05, 4.69) is 10.6 Å². The zero-order valence-corrected chi connectivity index (χ0v) is 12.9. The molecule has 0 aromatic heterocycles. The smallest absolute Gasteiger partial charge is 0.319 e. The third-order valence-electron chi connectivity index (χ3n) is 3.23. The molecule has 2 aromatic carbocycles. The number of methoxy groups -OCH3 is 1. The number of nitro benzene ring substituents is 1. The second kappa shape index (κ2) is 7.91. The summed E-state index contributed by atoms with van der Waals surface area (Å²) >= 11 is 0. The maximum Gasteiger partial charge on any atom is 0.319 e. The number of anilines is 1. The number of hydrogen-bond acceptors (Lipinski definition) is 4. The maximum atomic E-state index is 13.1. The molecule has 7 nitrogen and oxygen atoms in total. The van der Waals surface area contributed by atoms with Gasteiger partial charge in [0.25, 0.3) is 5.69 Å². The summed E-state index contributed by atoms with van der Waals surface area (Å²) in [5, 5.41) is 15.9. The highest BCUT2D eigenvalue weighted by atomic mass is 19.1. The van der Waals surface area contributed by atoms with Crippen LogP contribution >= 0.6 is 0 Å². The van der Waals surface area contributed by atoms with Crippen molar-refractivity contribution in [3.05, 3.63) is 64.0 Å². The fourth-order valence-corrected chi connectivity index (χ4v) is 2.09. The van der Waals surface area contributed by atoms with E-state index in [0.717, 1.165) is 5.56 Å². The monoisotopic (exact) mass is 333 g/mol. The molecule has 2 N–H and O–H groups in total. The van der Waals surface area contributed by atoms with Crippen LogP contribution < -0.4 is 15.4 Å². The highest BCUT2D eigenvalue weighted by Crippen LogP contribution is 2.28. The summed E-state index contributed by atoms with van der Waals surface area (Å²) in [5.74, 6) is -0.0286. The van der Waals surface area contributed by atoms with E-state index in [1.807, 2.05) is 0 Å². The first-order valence-electron chi connectivity index (χ1n) is 7.11. The van der Waals surface area contributed by atoms with Gasteiger partial charge < -0.3 is 15.4 Å². The van der Waals surface area contributed by atoms with Crippen molar-refractivity contribution >= 4 is 17.4 Å². The van der Waals surface area contributed by atoms with E-state index < -0.39 is 11.0 Å². The molecule has 0 aliphatic heterocycles. The van der Waals surface area contributed by atoms with E-state index in [1.165, 1.54) is 37.4 Å². The number of nitrogens with one attached hydrogen (secondary N) is 2. The van der Waals surface area contributed by atoms with Gasteiger partial charge in [0.05, 0.1) is 17.7 Å². The number of rotatable bonds is 6. The Balaban J connectivity index is 1.94. The molecule has 0 bridgehead atoms. The lowest BCUT2D eigenvalue weighted by Gasteiger charge is -2.11. The average Bonchev–Trinajstić information content (AvgIpc) is 2.54. The van der Waals surface area contributed by atoms with Gasteiger partial charge in [-0.2, -0.15) is 0 Å². The summed E-state index contributed by atoms with van der Waals surface area (Å²) in [7, 11) is 1.40. The van der Waals surface area contributed by atoms with Gasteiger partial charge in [-0.1, -0.05) is 12.1 Å². The van der Waals surface area contributed by atoms with Gasteiger partial charge in [0.2, 0.25) is 0 Å². The molecule has 8 heteroatoms. The molecule has 0 heterocycles. The van der Waals surface area contributed by atoms with Gasteiger partial charge in [0.1, 0.15) is 11.6 Å². The summed E-state index contributed by atoms with van der Waals surface area (Å²) in [5.41, 5.74) is 0.782. The molecule has 0 aliphatic carbocycles. The van der Waals surface area contributed by atoms with Crippen LogP contribution in [0.5, 0.6) is 5.75 Å². The summed E-state index contributed by atoms with van der Waals surface area (Å²) in [6.07, 6.45) is 0.456. The van der Waals surface area contributed by atoms with E-state index in [0.29, 0.717) is 12.2 Å². The number of non-ortho nitro benzene ring substituents is 1. The van der Waals surface area contributed by atoms with Crippen molar-refractivity contribution in [2.45, 2.75) is 6.42 Å². The molecule has 126 valence electrons. The number of amides is 2. The van der Waals surface area contributed by atoms with Crippen LogP contribution in [0.3, 0.4) is 0 Å². The Morgan fingerprint density at radius 2 is 2.08 bits per heavy atom. The van der Waals surface area contributed by atoms with Gasteiger partial charge in [0, 0.05) is 18.7 Å². The van der Waals surface area contributed by atoms with E-state index in [9.17, 15) is 19.3 Å². The van der Waals surface area contributed by atoms with Crippen LogP contribution in [0.1, 0.15) is 5.56 Å². The number of nitro groups is 1. The lowest BCUT2D eigenvalue weighted by atomic mass is 10.1. The number of urea groups is 1. The van der Waals surface area contributed by atoms with Crippen LogP contribution in [-0.4, -0.2) is 24.6 Å². The number of nitrogens with zero attached hydrogens (tertiary/aromatic N) is 1. The molecular weight excluding hydrogens is 317 g/mol. The molecule has 0 saturated heterocycles. The zero-order chi connectivity index (χ0) is 17.5. The summed E-state index contributed by atoms with van der Waals surface area (Å²) < 4.78 is 18.1. The number of carbonyl (C=O) groups is 1. The average molecular weight is 333 g/mol. The highest BCUT2D eigenvalue weighted by molar-refractivity contribution is 5.91. The zero-order valence-electron chi connectivity index (χ0n) is 12.9. The molecule has 0 radical (unpaired) electrons. The highest BCUT2D eigenvalue weighted by Gasteiger charge is 2.13. The summed E-state index contributed by atoms with van der Waals surface area (Å²) in [6.45, 7) is 0.284. The van der Waals surface area contributed by atoms with Gasteiger partial charge >= 0.3 is 6.03 Å². The van der Waals surface area contributed by atoms with Crippen LogP contribution in [0.4, 0.5) is 20.6 Å². The van der Waals surface area contributed by atoms with E-state index in [4.69, 9.17) is 4.74 Å². The number of ether oxygens (including phenoxy) is 1. The molecule has 2 amide bonds. The topological polar surface area (TPSA) is 93.5 Å². The van der Waals surface area contributed by atoms with Gasteiger partial charge in [-0.3, -0.25) is 10.1 Å². The van der Waals surface area contributed by atoms with Crippen LogP contribution in [0, 0.1) is 15.9 Å². The minimum Gasteiger partial charge on any atom is -0.495 e. The molecule has 2 aromatic rings. The second-order valence-electron chi connectivity index (χ2n) is 4.90. The Morgan fingerprint density at radius 1 is 1.29 bits per heavy atom. The van der Waals surface area contributed by atoms with Crippen molar-refractivity contribution in [3.8, 4) is 5.75 Å². The van der Waals surface area contributed by atoms with Crippen LogP contribution in [0.2, 0.25) is 0 Å². The summed E-state index contributed by atoms with van der Waals surface area (Å²) in [6, 6.07) is 9.45. The Bertz CT molecular complexity index is 752. The molecule has 2 rings (SSSR count). The molecule has 0 unspecified atom stereocenters. The SMILES string of the molecule is COc1ccc([N+](=O)[O-])cc1NC(=O)NCCc1cccc(F)c1. The first kappa shape index (κ1) is 17.2. The van der Waals surface area contributed by atoms with Crippen LogP contribution in [0.15, 0.2) is 42.5 Å². The van der Waals surface area contributed by atoms with Gasteiger partial charge in [-0.25, -0.2) is 9.18 Å². The third kappa shape index (κ3) is 4.67. The van der Waals surface area contributed by atoms with Crippen molar-refractivity contribution in [1.29, 1.82) is 0 Å². The van der Waals surface area contributed by atoms with Crippen molar-refractivity contribution in [2.75, 3.05) is 19.0 Å². The Kier molecular flexibility index (Phi) is 5.67. The van der Waals surface area contributed by atoms with E-state index >= 15 is 0 Å². The number of benzene rings is 2. The van der Waals surface area contributed by atoms with Crippen LogP contribution in [0.25, 0.3) is 0 Å². The van der Waals surface area contributed by atoms with Crippen molar-refractivity contribution in [3.63, 3.8) is 0 Å². The summed E-state index contributed by atoms with van der Waals surface area (Å²) in [4.78, 5) is 22.1. The van der Waals surface area contributed by atoms with Crippen molar-refractivity contribution < 1.29 is 18.8 Å². The van der Waals surface area contributed by atoms with Gasteiger partial charge in [-0.15, -0.1) is 0 Å². The second-order valence-corrected chi connectivity index (χ2v) is 4.90. The molecule has 24 heavy (non-hydrogen) atoms. The number of hydrogen-bond donors (Lipinski definition) is 2. The Morgan fingerprint density at radius 3 is 2.75 bits per heavy atom. The Labute approximate surface area is 137 Å². The minimum absolute atomic E-state index is 0.161. The van der Waals surface area contributed by atoms with Crippen LogP contribution in [-0.2, 0) is 6.42 Å². The normalized spacial score (nSPS) is 10.1. The van der Waals surface area contributed by atoms with Crippen molar-refractivity contribution in [1.82, 2.24) is 5.32 Å². The van der Waals surface area contributed by atoms with E-state index in [-0.39, 0.29) is 23.7 Å². The maximum absolute atomic E-state index is 13.1.